The Balaban J connectivity index is 2.67. The van der Waals surface area contributed by atoms with Crippen LogP contribution in [-0.2, 0) is 16.1 Å². The molecule has 0 unspecified atom stereocenters. The summed E-state index contributed by atoms with van der Waals surface area (Å²) < 4.78 is 5.94. The van der Waals surface area contributed by atoms with Gasteiger partial charge in [0, 0.05) is 18.8 Å². The fourth-order valence-corrected chi connectivity index (χ4v) is 2.10. The molecular weight excluding hydrogens is 284 g/mol. The van der Waals surface area contributed by atoms with Gasteiger partial charge in [-0.2, -0.15) is 0 Å². The minimum absolute atomic E-state index is 0.260. The molecule has 6 nitrogen and oxygen atoms in total. The molecule has 0 aliphatic carbocycles. The standard InChI is InChI=1S/C16H24N2O4/c1-3-4-5-6-7-8-11-18-12-13(9-10-14(19)22-2)15(20)17-16(18)21/h9-10,12H,3-8,11H2,1-2H3,(H,17,20,21)/b10-9-. The predicted molar refractivity (Wildman–Crippen MR) is 85.7 cm³/mol. The highest BCUT2D eigenvalue weighted by molar-refractivity contribution is 5.86. The number of carbonyl (C=O) groups excluding carboxylic acids is 1. The lowest BCUT2D eigenvalue weighted by atomic mass is 10.1. The molecule has 0 saturated heterocycles. The van der Waals surface area contributed by atoms with Gasteiger partial charge >= 0.3 is 11.7 Å². The fourth-order valence-electron chi connectivity index (χ4n) is 2.10. The van der Waals surface area contributed by atoms with Crippen molar-refractivity contribution < 1.29 is 9.53 Å². The number of aromatic nitrogens is 2. The molecule has 0 aromatic carbocycles. The molecule has 122 valence electrons. The summed E-state index contributed by atoms with van der Waals surface area (Å²) in [6.07, 6.45) is 10.7. The topological polar surface area (TPSA) is 81.2 Å². The van der Waals surface area contributed by atoms with Crippen molar-refractivity contribution in [3.05, 3.63) is 38.7 Å². The predicted octanol–water partition coefficient (Wildman–Crippen LogP) is 2.08. The number of nitrogens with one attached hydrogen (secondary N) is 1. The molecule has 0 bridgehead atoms. The van der Waals surface area contributed by atoms with E-state index in [-0.39, 0.29) is 5.56 Å². The molecule has 1 aromatic heterocycles. The van der Waals surface area contributed by atoms with Crippen molar-refractivity contribution in [2.75, 3.05) is 7.11 Å². The molecule has 22 heavy (non-hydrogen) atoms. The lowest BCUT2D eigenvalue weighted by molar-refractivity contribution is -0.134. The van der Waals surface area contributed by atoms with Crippen LogP contribution >= 0.6 is 0 Å². The summed E-state index contributed by atoms with van der Waals surface area (Å²) in [6.45, 7) is 2.73. The van der Waals surface area contributed by atoms with Crippen LogP contribution in [0.3, 0.4) is 0 Å². The number of nitrogens with zero attached hydrogens (tertiary/aromatic N) is 1. The third-order valence-electron chi connectivity index (χ3n) is 3.39. The van der Waals surface area contributed by atoms with E-state index in [1.807, 2.05) is 0 Å². The van der Waals surface area contributed by atoms with Gasteiger partial charge in [0.05, 0.1) is 12.7 Å². The van der Waals surface area contributed by atoms with Crippen molar-refractivity contribution in [2.45, 2.75) is 52.0 Å². The number of esters is 1. The van der Waals surface area contributed by atoms with Gasteiger partial charge < -0.3 is 4.74 Å². The van der Waals surface area contributed by atoms with Gasteiger partial charge in [0.2, 0.25) is 0 Å². The minimum Gasteiger partial charge on any atom is -0.466 e. The average molecular weight is 308 g/mol. The molecule has 0 aliphatic heterocycles. The maximum atomic E-state index is 11.7. The van der Waals surface area contributed by atoms with Crippen molar-refractivity contribution in [1.29, 1.82) is 0 Å². The summed E-state index contributed by atoms with van der Waals surface area (Å²) in [5.41, 5.74) is -0.672. The van der Waals surface area contributed by atoms with E-state index in [0.29, 0.717) is 6.54 Å². The number of carbonyl (C=O) groups is 1. The lowest BCUT2D eigenvalue weighted by Gasteiger charge is -2.06. The first-order chi connectivity index (χ1) is 10.6. The monoisotopic (exact) mass is 308 g/mol. The van der Waals surface area contributed by atoms with Gasteiger partial charge in [-0.25, -0.2) is 9.59 Å². The number of hydrogen-bond acceptors (Lipinski definition) is 4. The average Bonchev–Trinajstić information content (AvgIpc) is 2.51. The van der Waals surface area contributed by atoms with Crippen LogP contribution in [0.4, 0.5) is 0 Å². The number of methoxy groups -OCH3 is 1. The van der Waals surface area contributed by atoms with E-state index < -0.39 is 17.2 Å². The molecular formula is C16H24N2O4. The van der Waals surface area contributed by atoms with Crippen molar-refractivity contribution in [3.8, 4) is 0 Å². The van der Waals surface area contributed by atoms with E-state index in [0.717, 1.165) is 25.3 Å². The molecule has 1 N–H and O–H groups in total. The van der Waals surface area contributed by atoms with Crippen molar-refractivity contribution in [2.24, 2.45) is 0 Å². The van der Waals surface area contributed by atoms with E-state index in [2.05, 4.69) is 16.6 Å². The minimum atomic E-state index is -0.548. The highest BCUT2D eigenvalue weighted by Crippen LogP contribution is 2.05. The lowest BCUT2D eigenvalue weighted by Crippen LogP contribution is -2.30. The fraction of sp³-hybridized carbons (Fsp3) is 0.562. The maximum absolute atomic E-state index is 11.7. The van der Waals surface area contributed by atoms with E-state index in [4.69, 9.17) is 0 Å². The Bertz CT molecular complexity index is 613. The number of aromatic amines is 1. The van der Waals surface area contributed by atoms with Crippen molar-refractivity contribution in [3.63, 3.8) is 0 Å². The van der Waals surface area contributed by atoms with Gasteiger partial charge in [-0.15, -0.1) is 0 Å². The first-order valence-corrected chi connectivity index (χ1v) is 7.68. The normalized spacial score (nSPS) is 11.0. The summed E-state index contributed by atoms with van der Waals surface area (Å²) in [5, 5.41) is 0. The highest BCUT2D eigenvalue weighted by atomic mass is 16.5. The Morgan fingerprint density at radius 1 is 1.23 bits per heavy atom. The van der Waals surface area contributed by atoms with E-state index in [1.54, 1.807) is 0 Å². The second-order valence-corrected chi connectivity index (χ2v) is 5.16. The molecule has 1 heterocycles. The zero-order valence-corrected chi connectivity index (χ0v) is 13.3. The summed E-state index contributed by atoms with van der Waals surface area (Å²) in [4.78, 5) is 36.7. The zero-order valence-electron chi connectivity index (χ0n) is 13.3. The molecule has 0 aliphatic rings. The molecule has 0 radical (unpaired) electrons. The molecule has 0 fully saturated rings. The third kappa shape index (κ3) is 6.11. The maximum Gasteiger partial charge on any atom is 0.330 e. The Kier molecular flexibility index (Phi) is 7.96. The molecule has 0 spiro atoms. The largest absolute Gasteiger partial charge is 0.466 e. The van der Waals surface area contributed by atoms with E-state index in [1.165, 1.54) is 43.2 Å². The first-order valence-electron chi connectivity index (χ1n) is 7.68. The van der Waals surface area contributed by atoms with Crippen LogP contribution in [0.5, 0.6) is 0 Å². The van der Waals surface area contributed by atoms with Gasteiger partial charge in [0.25, 0.3) is 5.56 Å². The Morgan fingerprint density at radius 2 is 1.91 bits per heavy atom. The van der Waals surface area contributed by atoms with Gasteiger partial charge in [-0.05, 0) is 12.5 Å². The van der Waals surface area contributed by atoms with Crippen LogP contribution in [0.15, 0.2) is 21.9 Å². The molecule has 0 saturated carbocycles. The highest BCUT2D eigenvalue weighted by Gasteiger charge is 2.03. The van der Waals surface area contributed by atoms with E-state index in [9.17, 15) is 14.4 Å². The number of hydrogen-bond donors (Lipinski definition) is 1. The molecule has 1 aromatic rings. The van der Waals surface area contributed by atoms with E-state index >= 15 is 0 Å². The van der Waals surface area contributed by atoms with Gasteiger partial charge in [0.1, 0.15) is 0 Å². The number of aryl methyl sites for hydroxylation is 1. The Labute approximate surface area is 129 Å². The van der Waals surface area contributed by atoms with Gasteiger partial charge in [0.15, 0.2) is 0 Å². The molecule has 0 atom stereocenters. The van der Waals surface area contributed by atoms with Crippen molar-refractivity contribution >= 4 is 12.0 Å². The number of H-pyrrole nitrogens is 1. The second kappa shape index (κ2) is 9.76. The number of rotatable bonds is 9. The Morgan fingerprint density at radius 3 is 2.59 bits per heavy atom. The summed E-state index contributed by atoms with van der Waals surface area (Å²) >= 11 is 0. The summed E-state index contributed by atoms with van der Waals surface area (Å²) in [7, 11) is 1.26. The third-order valence-corrected chi connectivity index (χ3v) is 3.39. The molecule has 0 amide bonds. The van der Waals surface area contributed by atoms with Crippen LogP contribution < -0.4 is 11.2 Å². The van der Waals surface area contributed by atoms with Crippen LogP contribution in [-0.4, -0.2) is 22.6 Å². The Hall–Kier alpha value is -2.11. The quantitative estimate of drug-likeness (QED) is 0.430. The summed E-state index contributed by atoms with van der Waals surface area (Å²) in [5.74, 6) is -0.548. The number of ether oxygens (including phenoxy) is 1. The van der Waals surface area contributed by atoms with Crippen LogP contribution in [0.25, 0.3) is 6.08 Å². The van der Waals surface area contributed by atoms with Crippen LogP contribution in [0.2, 0.25) is 0 Å². The number of unbranched alkanes of at least 4 members (excludes halogenated alkanes) is 5. The van der Waals surface area contributed by atoms with Crippen LogP contribution in [0, 0.1) is 0 Å². The second-order valence-electron chi connectivity index (χ2n) is 5.16. The van der Waals surface area contributed by atoms with Gasteiger partial charge in [-0.1, -0.05) is 39.0 Å². The van der Waals surface area contributed by atoms with Crippen molar-refractivity contribution in [1.82, 2.24) is 9.55 Å². The smallest absolute Gasteiger partial charge is 0.330 e. The summed E-state index contributed by atoms with van der Waals surface area (Å²) in [6, 6.07) is 0. The molecule has 1 rings (SSSR count). The van der Waals surface area contributed by atoms with Crippen LogP contribution in [0.1, 0.15) is 51.0 Å². The molecule has 6 heteroatoms. The SMILES string of the molecule is CCCCCCCCn1cc(/C=C\C(=O)OC)c(=O)[nH]c1=O. The zero-order chi connectivity index (χ0) is 16.4. The van der Waals surface area contributed by atoms with Gasteiger partial charge in [-0.3, -0.25) is 14.3 Å². The first kappa shape index (κ1) is 17.9.